The van der Waals surface area contributed by atoms with Crippen molar-refractivity contribution in [2.45, 2.75) is 19.3 Å². The first-order valence-corrected chi connectivity index (χ1v) is 12.1. The van der Waals surface area contributed by atoms with Crippen LogP contribution in [0.2, 0.25) is 0 Å². The van der Waals surface area contributed by atoms with E-state index in [0.29, 0.717) is 0 Å². The summed E-state index contributed by atoms with van der Waals surface area (Å²) in [5.41, 5.74) is -0.454. The van der Waals surface area contributed by atoms with Gasteiger partial charge in [-0.15, -0.1) is 0 Å². The summed E-state index contributed by atoms with van der Waals surface area (Å²) in [5.74, 6) is 0. The Kier molecular flexibility index (Phi) is 5.81. The molecule has 0 nitrogen and oxygen atoms in total. The monoisotopic (exact) mass is 502 g/mol. The predicted molar refractivity (Wildman–Crippen MR) is 98.7 cm³/mol. The van der Waals surface area contributed by atoms with Crippen LogP contribution in [0.25, 0.3) is 0 Å². The summed E-state index contributed by atoms with van der Waals surface area (Å²) >= 11 is -2.77. The minimum absolute atomic E-state index is 0.743. The van der Waals surface area contributed by atoms with Crippen molar-refractivity contribution in [1.82, 2.24) is 0 Å². The Labute approximate surface area is 165 Å². The summed E-state index contributed by atoms with van der Waals surface area (Å²) < 4.78 is 79.7. The quantitative estimate of drug-likeness (QED) is 0.364. The summed E-state index contributed by atoms with van der Waals surface area (Å²) in [6.45, 7) is 1.92. The molecule has 0 aliphatic carbocycles. The molecule has 0 aliphatic rings. The molecule has 0 aliphatic heterocycles. The van der Waals surface area contributed by atoms with Crippen LogP contribution < -0.4 is 10.5 Å². The number of aryl methyl sites for hydroxylation is 1. The Morgan fingerprint density at radius 1 is 0.500 bits per heavy atom. The molecule has 0 bridgehead atoms. The van der Waals surface area contributed by atoms with Gasteiger partial charge in [0.25, 0.3) is 0 Å². The average Bonchev–Trinajstić information content (AvgIpc) is 2.63. The van der Waals surface area contributed by atoms with Crippen molar-refractivity contribution in [3.05, 3.63) is 89.5 Å². The average molecular weight is 503 g/mol. The van der Waals surface area contributed by atoms with E-state index in [9.17, 15) is 26.3 Å². The van der Waals surface area contributed by atoms with Gasteiger partial charge in [-0.2, -0.15) is 0 Å². The van der Waals surface area contributed by atoms with Gasteiger partial charge >= 0.3 is 166 Å². The number of hydrogen-bond donors (Lipinski definition) is 0. The van der Waals surface area contributed by atoms with Crippen molar-refractivity contribution in [3.8, 4) is 0 Å². The van der Waals surface area contributed by atoms with Crippen LogP contribution in [-0.4, -0.2) is 20.2 Å². The van der Waals surface area contributed by atoms with Crippen molar-refractivity contribution in [3.63, 3.8) is 0 Å². The van der Waals surface area contributed by atoms with Crippen molar-refractivity contribution < 1.29 is 26.3 Å². The first-order chi connectivity index (χ1) is 13.1. The summed E-state index contributed by atoms with van der Waals surface area (Å²) in [5, 5.41) is 0. The molecule has 0 saturated heterocycles. The second-order valence-corrected chi connectivity index (χ2v) is 12.6. The zero-order valence-electron chi connectivity index (χ0n) is 14.6. The van der Waals surface area contributed by atoms with Crippen LogP contribution in [0.4, 0.5) is 26.3 Å². The predicted octanol–water partition coefficient (Wildman–Crippen LogP) is 4.55. The van der Waals surface area contributed by atoms with Crippen molar-refractivity contribution in [1.29, 1.82) is 0 Å². The van der Waals surface area contributed by atoms with Gasteiger partial charge < -0.3 is 0 Å². The standard InChI is InChI=1S/2C7H4F3.C7H7.Sb/c2*8-7(9,10)6-4-2-1-3-5-6;1-7-5-3-2-4-6-7;/h2*2-5H;3-6H,1H3;. The molecule has 0 atom stereocenters. The molecular weight excluding hydrogens is 488 g/mol. The molecule has 0 spiro atoms. The summed E-state index contributed by atoms with van der Waals surface area (Å²) in [4.78, 5) is 0. The molecule has 0 heterocycles. The van der Waals surface area contributed by atoms with Crippen LogP contribution in [0.3, 0.4) is 0 Å². The Hall–Kier alpha value is -1.94. The molecule has 0 radical (unpaired) electrons. The number of alkyl halides is 6. The van der Waals surface area contributed by atoms with Crippen LogP contribution in [0.1, 0.15) is 16.7 Å². The molecule has 0 fully saturated rings. The van der Waals surface area contributed by atoms with Gasteiger partial charge in [-0.1, -0.05) is 0 Å². The van der Waals surface area contributed by atoms with Crippen molar-refractivity contribution in [2.75, 3.05) is 0 Å². The van der Waals surface area contributed by atoms with Gasteiger partial charge in [0.2, 0.25) is 0 Å². The number of rotatable bonds is 3. The van der Waals surface area contributed by atoms with E-state index in [1.54, 1.807) is 0 Å². The van der Waals surface area contributed by atoms with E-state index in [2.05, 4.69) is 0 Å². The fraction of sp³-hybridized carbons (Fsp3) is 0.143. The van der Waals surface area contributed by atoms with E-state index in [-0.39, 0.29) is 0 Å². The Balaban J connectivity index is 2.06. The molecule has 7 heteroatoms. The van der Waals surface area contributed by atoms with Crippen LogP contribution in [0.5, 0.6) is 0 Å². The summed E-state index contributed by atoms with van der Waals surface area (Å²) in [7, 11) is 0. The molecular formula is C21H15F6Sb. The van der Waals surface area contributed by atoms with Crippen LogP contribution in [0, 0.1) is 6.92 Å². The van der Waals surface area contributed by atoms with Crippen molar-refractivity contribution >= 4 is 30.7 Å². The van der Waals surface area contributed by atoms with Gasteiger partial charge in [0.05, 0.1) is 0 Å². The van der Waals surface area contributed by atoms with E-state index in [1.165, 1.54) is 24.3 Å². The normalized spacial score (nSPS) is 12.4. The topological polar surface area (TPSA) is 0 Å². The Morgan fingerprint density at radius 3 is 1.07 bits per heavy atom. The van der Waals surface area contributed by atoms with Gasteiger partial charge in [-0.25, -0.2) is 0 Å². The minimum atomic E-state index is -4.43. The van der Waals surface area contributed by atoms with E-state index in [4.69, 9.17) is 0 Å². The molecule has 3 rings (SSSR count). The molecule has 3 aromatic carbocycles. The SMILES string of the molecule is Cc1cc[c]([Sb]([c]2ccc(C(F)(F)F)cc2)[c]2ccc(C(F)(F)F)cc2)cc1. The molecule has 146 valence electrons. The third kappa shape index (κ3) is 4.72. The second-order valence-electron chi connectivity index (χ2n) is 6.26. The molecule has 28 heavy (non-hydrogen) atoms. The van der Waals surface area contributed by atoms with Crippen molar-refractivity contribution in [2.24, 2.45) is 0 Å². The van der Waals surface area contributed by atoms with Crippen LogP contribution in [0.15, 0.2) is 72.8 Å². The van der Waals surface area contributed by atoms with Gasteiger partial charge in [0, 0.05) is 0 Å². The summed E-state index contributed by atoms with van der Waals surface area (Å²) in [6, 6.07) is 17.5. The maximum absolute atomic E-state index is 12.9. The Morgan fingerprint density at radius 2 is 0.786 bits per heavy atom. The van der Waals surface area contributed by atoms with E-state index in [1.807, 2.05) is 31.2 Å². The maximum atomic E-state index is 12.9. The fourth-order valence-electron chi connectivity index (χ4n) is 2.74. The van der Waals surface area contributed by atoms with Gasteiger partial charge in [-0.3, -0.25) is 0 Å². The zero-order valence-corrected chi connectivity index (χ0v) is 17.2. The van der Waals surface area contributed by atoms with E-state index >= 15 is 0 Å². The first kappa shape index (κ1) is 20.8. The number of halogens is 6. The first-order valence-electron chi connectivity index (χ1n) is 8.27. The third-order valence-electron chi connectivity index (χ3n) is 4.20. The molecule has 3 aromatic rings. The molecule has 0 aromatic heterocycles. The molecule has 0 saturated carbocycles. The number of benzene rings is 3. The van der Waals surface area contributed by atoms with Gasteiger partial charge in [0.1, 0.15) is 0 Å². The van der Waals surface area contributed by atoms with Crippen LogP contribution >= 0.6 is 0 Å². The zero-order chi connectivity index (χ0) is 20.5. The van der Waals surface area contributed by atoms with Gasteiger partial charge in [0.15, 0.2) is 0 Å². The summed E-state index contributed by atoms with van der Waals surface area (Å²) in [6.07, 6.45) is -8.86. The van der Waals surface area contributed by atoms with Crippen LogP contribution in [-0.2, 0) is 12.4 Å². The van der Waals surface area contributed by atoms with E-state index < -0.39 is 43.7 Å². The van der Waals surface area contributed by atoms with E-state index in [0.717, 1.165) is 40.4 Å². The second kappa shape index (κ2) is 7.82. The Bertz CT molecular complexity index is 866. The van der Waals surface area contributed by atoms with Gasteiger partial charge in [-0.05, 0) is 0 Å². The fourth-order valence-corrected chi connectivity index (χ4v) is 9.12. The third-order valence-corrected chi connectivity index (χ3v) is 11.2. The molecule has 0 amide bonds. The molecule has 0 N–H and O–H groups in total. The molecule has 0 unspecified atom stereocenters. The number of hydrogen-bond acceptors (Lipinski definition) is 0.